The Morgan fingerprint density at radius 3 is 2.64 bits per heavy atom. The highest BCUT2D eigenvalue weighted by Crippen LogP contribution is 1.94. The average molecular weight is 198 g/mol. The third kappa shape index (κ3) is 3.76. The highest BCUT2D eigenvalue weighted by atomic mass is 16.2. The second kappa shape index (κ2) is 5.62. The molecule has 2 amide bonds. The van der Waals surface area contributed by atoms with E-state index < -0.39 is 0 Å². The first-order valence-corrected chi connectivity index (χ1v) is 4.81. The van der Waals surface area contributed by atoms with Gasteiger partial charge in [-0.2, -0.15) is 0 Å². The van der Waals surface area contributed by atoms with Gasteiger partial charge in [-0.05, 0) is 7.05 Å². The van der Waals surface area contributed by atoms with Gasteiger partial charge in [-0.15, -0.1) is 6.58 Å². The van der Waals surface area contributed by atoms with E-state index in [0.29, 0.717) is 6.54 Å². The van der Waals surface area contributed by atoms with E-state index in [4.69, 9.17) is 0 Å². The minimum atomic E-state index is -0.158. The quantitative estimate of drug-likeness (QED) is 0.609. The number of nitrogens with zero attached hydrogens (tertiary/aromatic N) is 2. The van der Waals surface area contributed by atoms with E-state index in [9.17, 15) is 4.79 Å². The first-order chi connectivity index (χ1) is 6.72. The van der Waals surface area contributed by atoms with Crippen molar-refractivity contribution in [3.05, 3.63) is 12.7 Å². The molecule has 1 aliphatic rings. The number of carbonyl (C=O) groups excluding carboxylic acids is 1. The van der Waals surface area contributed by atoms with Crippen molar-refractivity contribution < 1.29 is 4.79 Å². The molecule has 0 saturated carbocycles. The highest BCUT2D eigenvalue weighted by molar-refractivity contribution is 5.73. The summed E-state index contributed by atoms with van der Waals surface area (Å²) in [5.41, 5.74) is 2.78. The van der Waals surface area contributed by atoms with E-state index in [2.05, 4.69) is 29.3 Å². The van der Waals surface area contributed by atoms with Gasteiger partial charge < -0.3 is 10.2 Å². The van der Waals surface area contributed by atoms with Crippen molar-refractivity contribution in [1.82, 2.24) is 20.7 Å². The molecular formula is C9H18N4O. The molecule has 0 atom stereocenters. The fourth-order valence-electron chi connectivity index (χ4n) is 1.27. The maximum atomic E-state index is 11.2. The van der Waals surface area contributed by atoms with Crippen LogP contribution < -0.4 is 10.7 Å². The van der Waals surface area contributed by atoms with Crippen molar-refractivity contribution >= 4 is 6.03 Å². The summed E-state index contributed by atoms with van der Waals surface area (Å²) in [5.74, 6) is 0. The summed E-state index contributed by atoms with van der Waals surface area (Å²) in [4.78, 5) is 13.5. The number of nitrogens with one attached hydrogen (secondary N) is 2. The molecule has 1 heterocycles. The van der Waals surface area contributed by atoms with E-state index in [1.54, 1.807) is 6.08 Å². The molecule has 1 rings (SSSR count). The summed E-state index contributed by atoms with van der Waals surface area (Å²) in [5, 5.41) is 4.60. The summed E-state index contributed by atoms with van der Waals surface area (Å²) in [6.07, 6.45) is 1.66. The van der Waals surface area contributed by atoms with E-state index in [0.717, 1.165) is 26.2 Å². The fraction of sp³-hybridized carbons (Fsp3) is 0.667. The normalized spacial score (nSPS) is 18.9. The second-order valence-corrected chi connectivity index (χ2v) is 3.40. The molecule has 14 heavy (non-hydrogen) atoms. The van der Waals surface area contributed by atoms with Crippen molar-refractivity contribution in [3.63, 3.8) is 0 Å². The van der Waals surface area contributed by atoms with Crippen molar-refractivity contribution in [2.45, 2.75) is 0 Å². The van der Waals surface area contributed by atoms with Gasteiger partial charge in [-0.25, -0.2) is 9.80 Å². The Morgan fingerprint density at radius 1 is 1.43 bits per heavy atom. The van der Waals surface area contributed by atoms with Crippen molar-refractivity contribution in [1.29, 1.82) is 0 Å². The molecule has 0 aliphatic carbocycles. The molecule has 1 fully saturated rings. The summed E-state index contributed by atoms with van der Waals surface area (Å²) in [7, 11) is 2.08. The Kier molecular flexibility index (Phi) is 4.42. The molecular weight excluding hydrogens is 180 g/mol. The van der Waals surface area contributed by atoms with Crippen LogP contribution in [0.25, 0.3) is 0 Å². The van der Waals surface area contributed by atoms with E-state index in [-0.39, 0.29) is 6.03 Å². The number of piperazine rings is 1. The topological polar surface area (TPSA) is 47.6 Å². The molecule has 0 aromatic rings. The van der Waals surface area contributed by atoms with Crippen molar-refractivity contribution in [3.8, 4) is 0 Å². The van der Waals surface area contributed by atoms with Gasteiger partial charge >= 0.3 is 6.03 Å². The first kappa shape index (κ1) is 11.0. The van der Waals surface area contributed by atoms with Crippen LogP contribution in [-0.4, -0.2) is 55.7 Å². The van der Waals surface area contributed by atoms with E-state index >= 15 is 0 Å². The number of likely N-dealkylation sites (N-methyl/N-ethyl adjacent to an activating group) is 1. The molecule has 0 bridgehead atoms. The predicted octanol–water partition coefficient (Wildman–Crippen LogP) is -0.366. The number of amides is 2. The molecule has 5 heteroatoms. The van der Waals surface area contributed by atoms with Crippen molar-refractivity contribution in [2.75, 3.05) is 39.8 Å². The lowest BCUT2D eigenvalue weighted by Gasteiger charge is -2.32. The minimum Gasteiger partial charge on any atom is -0.334 e. The SMILES string of the molecule is C=CCNC(=O)NN1CCN(C)CC1. The average Bonchev–Trinajstić information content (AvgIpc) is 2.18. The Labute approximate surface area is 84.7 Å². The summed E-state index contributed by atoms with van der Waals surface area (Å²) in [6.45, 7) is 7.75. The van der Waals surface area contributed by atoms with E-state index in [1.807, 2.05) is 5.01 Å². The zero-order valence-electron chi connectivity index (χ0n) is 8.62. The molecule has 2 N–H and O–H groups in total. The van der Waals surface area contributed by atoms with Gasteiger partial charge in [0.05, 0.1) is 0 Å². The summed E-state index contributed by atoms with van der Waals surface area (Å²) >= 11 is 0. The van der Waals surface area contributed by atoms with Crippen molar-refractivity contribution in [2.24, 2.45) is 0 Å². The first-order valence-electron chi connectivity index (χ1n) is 4.81. The maximum absolute atomic E-state index is 11.2. The lowest BCUT2D eigenvalue weighted by Crippen LogP contribution is -2.54. The van der Waals surface area contributed by atoms with Gasteiger partial charge in [0, 0.05) is 32.7 Å². The van der Waals surface area contributed by atoms with Crippen LogP contribution in [0, 0.1) is 0 Å². The van der Waals surface area contributed by atoms with Crippen LogP contribution in [0.5, 0.6) is 0 Å². The molecule has 0 radical (unpaired) electrons. The Morgan fingerprint density at radius 2 is 2.07 bits per heavy atom. The highest BCUT2D eigenvalue weighted by Gasteiger charge is 2.14. The molecule has 5 nitrogen and oxygen atoms in total. The lowest BCUT2D eigenvalue weighted by atomic mass is 10.4. The van der Waals surface area contributed by atoms with Crippen LogP contribution in [0.3, 0.4) is 0 Å². The Hall–Kier alpha value is -1.07. The monoisotopic (exact) mass is 198 g/mol. The van der Waals surface area contributed by atoms with Gasteiger partial charge in [0.2, 0.25) is 0 Å². The van der Waals surface area contributed by atoms with Gasteiger partial charge in [0.25, 0.3) is 0 Å². The standard InChI is InChI=1S/C9H18N4O/c1-3-4-10-9(14)11-13-7-5-12(2)6-8-13/h3H,1,4-8H2,2H3,(H2,10,11,14). The third-order valence-corrected chi connectivity index (χ3v) is 2.17. The van der Waals surface area contributed by atoms with Gasteiger partial charge in [0.15, 0.2) is 0 Å². The number of hydrazine groups is 1. The van der Waals surface area contributed by atoms with Gasteiger partial charge in [-0.1, -0.05) is 6.08 Å². The second-order valence-electron chi connectivity index (χ2n) is 3.40. The van der Waals surface area contributed by atoms with Crippen LogP contribution >= 0.6 is 0 Å². The van der Waals surface area contributed by atoms with Gasteiger partial charge in [-0.3, -0.25) is 5.43 Å². The zero-order chi connectivity index (χ0) is 10.4. The molecule has 1 saturated heterocycles. The number of rotatable bonds is 3. The number of urea groups is 1. The minimum absolute atomic E-state index is 0.158. The molecule has 0 aromatic heterocycles. The number of hydrogen-bond donors (Lipinski definition) is 2. The van der Waals surface area contributed by atoms with Crippen LogP contribution in [0.2, 0.25) is 0 Å². The lowest BCUT2D eigenvalue weighted by molar-refractivity contribution is 0.113. The molecule has 1 aliphatic heterocycles. The molecule has 80 valence electrons. The van der Waals surface area contributed by atoms with Crippen LogP contribution in [0.1, 0.15) is 0 Å². The smallest absolute Gasteiger partial charge is 0.329 e. The Bertz CT molecular complexity index is 199. The largest absolute Gasteiger partial charge is 0.334 e. The third-order valence-electron chi connectivity index (χ3n) is 2.17. The summed E-state index contributed by atoms with van der Waals surface area (Å²) in [6, 6.07) is -0.158. The number of carbonyl (C=O) groups is 1. The molecule has 0 spiro atoms. The van der Waals surface area contributed by atoms with Gasteiger partial charge in [0.1, 0.15) is 0 Å². The summed E-state index contributed by atoms with van der Waals surface area (Å²) < 4.78 is 0. The predicted molar refractivity (Wildman–Crippen MR) is 55.8 cm³/mol. The Balaban J connectivity index is 2.17. The van der Waals surface area contributed by atoms with Crippen LogP contribution in [0.15, 0.2) is 12.7 Å². The van der Waals surface area contributed by atoms with E-state index in [1.165, 1.54) is 0 Å². The fourth-order valence-corrected chi connectivity index (χ4v) is 1.27. The molecule has 0 aromatic carbocycles. The number of hydrogen-bond acceptors (Lipinski definition) is 3. The zero-order valence-corrected chi connectivity index (χ0v) is 8.62. The van der Waals surface area contributed by atoms with Crippen LogP contribution in [0.4, 0.5) is 4.79 Å². The molecule has 0 unspecified atom stereocenters. The van der Waals surface area contributed by atoms with Crippen LogP contribution in [-0.2, 0) is 0 Å². The maximum Gasteiger partial charge on any atom is 0.329 e.